The number of rotatable bonds is 5. The second-order valence-corrected chi connectivity index (χ2v) is 5.27. The van der Waals surface area contributed by atoms with Gasteiger partial charge >= 0.3 is 0 Å². The molecule has 0 aliphatic carbocycles. The van der Waals surface area contributed by atoms with Crippen molar-refractivity contribution in [3.8, 4) is 0 Å². The average Bonchev–Trinajstić information content (AvgIpc) is 2.48. The van der Waals surface area contributed by atoms with Crippen LogP contribution in [0.15, 0.2) is 59.5 Å². The number of para-hydroxylation sites is 2. The Hall–Kier alpha value is -1.94. The van der Waals surface area contributed by atoms with Gasteiger partial charge in [0, 0.05) is 10.6 Å². The van der Waals surface area contributed by atoms with Crippen LogP contribution in [0.4, 0.5) is 11.4 Å². The van der Waals surface area contributed by atoms with Gasteiger partial charge in [-0.15, -0.1) is 11.8 Å². The van der Waals surface area contributed by atoms with Crippen molar-refractivity contribution in [2.24, 2.45) is 0 Å². The first-order chi connectivity index (χ1) is 9.70. The fourth-order valence-electron chi connectivity index (χ4n) is 1.84. The topological polar surface area (TPSA) is 41.1 Å². The Kier molecular flexibility index (Phi) is 5.07. The zero-order valence-electron chi connectivity index (χ0n) is 11.6. The average molecular weight is 286 g/mol. The summed E-state index contributed by atoms with van der Waals surface area (Å²) in [4.78, 5) is 13.3. The molecule has 0 saturated heterocycles. The summed E-state index contributed by atoms with van der Waals surface area (Å²) < 4.78 is 0. The van der Waals surface area contributed by atoms with Gasteiger partial charge in [0.2, 0.25) is 5.91 Å². The summed E-state index contributed by atoms with van der Waals surface area (Å²) in [7, 11) is 0. The lowest BCUT2D eigenvalue weighted by Gasteiger charge is -2.16. The van der Waals surface area contributed by atoms with E-state index in [1.807, 2.05) is 67.8 Å². The van der Waals surface area contributed by atoms with Gasteiger partial charge in [0.05, 0.1) is 5.69 Å². The van der Waals surface area contributed by atoms with Crippen molar-refractivity contribution in [3.05, 3.63) is 54.6 Å². The fourth-order valence-corrected chi connectivity index (χ4v) is 2.39. The molecule has 0 fully saturated rings. The minimum atomic E-state index is -0.299. The highest BCUT2D eigenvalue weighted by Gasteiger charge is 2.13. The zero-order chi connectivity index (χ0) is 14.4. The number of carbonyl (C=O) groups is 1. The Balaban J connectivity index is 2.01. The summed E-state index contributed by atoms with van der Waals surface area (Å²) in [6.07, 6.45) is 2.00. The van der Waals surface area contributed by atoms with Crippen LogP contribution in [0.1, 0.15) is 6.92 Å². The van der Waals surface area contributed by atoms with Gasteiger partial charge in [0.15, 0.2) is 0 Å². The van der Waals surface area contributed by atoms with Crippen LogP contribution in [-0.2, 0) is 4.79 Å². The highest BCUT2D eigenvalue weighted by molar-refractivity contribution is 7.98. The Morgan fingerprint density at radius 3 is 2.40 bits per heavy atom. The van der Waals surface area contributed by atoms with Gasteiger partial charge in [0.1, 0.15) is 6.04 Å². The van der Waals surface area contributed by atoms with Gasteiger partial charge in [-0.2, -0.15) is 0 Å². The second kappa shape index (κ2) is 7.01. The first-order valence-electron chi connectivity index (χ1n) is 6.46. The van der Waals surface area contributed by atoms with Crippen molar-refractivity contribution in [2.45, 2.75) is 17.9 Å². The molecule has 2 rings (SSSR count). The molecule has 0 aliphatic heterocycles. The zero-order valence-corrected chi connectivity index (χ0v) is 12.4. The maximum atomic E-state index is 12.2. The third-order valence-electron chi connectivity index (χ3n) is 2.92. The number of carbonyl (C=O) groups excluding carboxylic acids is 1. The van der Waals surface area contributed by atoms with Crippen LogP contribution in [0.2, 0.25) is 0 Å². The van der Waals surface area contributed by atoms with Crippen molar-refractivity contribution >= 4 is 29.0 Å². The van der Waals surface area contributed by atoms with Gasteiger partial charge in [-0.3, -0.25) is 4.79 Å². The molecule has 0 spiro atoms. The summed E-state index contributed by atoms with van der Waals surface area (Å²) in [6, 6.07) is 17.2. The number of hydrogen-bond donors (Lipinski definition) is 2. The molecular formula is C16H18N2OS. The molecule has 2 N–H and O–H groups in total. The molecule has 2 aromatic carbocycles. The Labute approximate surface area is 123 Å². The lowest BCUT2D eigenvalue weighted by atomic mass is 10.2. The minimum Gasteiger partial charge on any atom is -0.374 e. The third kappa shape index (κ3) is 3.78. The summed E-state index contributed by atoms with van der Waals surface area (Å²) in [6.45, 7) is 1.85. The second-order valence-electron chi connectivity index (χ2n) is 4.42. The lowest BCUT2D eigenvalue weighted by molar-refractivity contribution is -0.116. The Morgan fingerprint density at radius 2 is 1.70 bits per heavy atom. The van der Waals surface area contributed by atoms with Gasteiger partial charge in [0.25, 0.3) is 0 Å². The normalized spacial score (nSPS) is 11.7. The number of benzene rings is 2. The largest absolute Gasteiger partial charge is 0.374 e. The van der Waals surface area contributed by atoms with E-state index in [0.717, 1.165) is 16.3 Å². The Morgan fingerprint density at radius 1 is 1.05 bits per heavy atom. The summed E-state index contributed by atoms with van der Waals surface area (Å²) in [5.41, 5.74) is 1.79. The van der Waals surface area contributed by atoms with Crippen molar-refractivity contribution in [2.75, 3.05) is 16.9 Å². The van der Waals surface area contributed by atoms with E-state index in [1.54, 1.807) is 11.8 Å². The summed E-state index contributed by atoms with van der Waals surface area (Å²) in [5.74, 6) is -0.0460. The number of amides is 1. The van der Waals surface area contributed by atoms with E-state index < -0.39 is 0 Å². The predicted molar refractivity (Wildman–Crippen MR) is 86.4 cm³/mol. The van der Waals surface area contributed by atoms with Crippen molar-refractivity contribution < 1.29 is 4.79 Å². The third-order valence-corrected chi connectivity index (χ3v) is 3.71. The van der Waals surface area contributed by atoms with Crippen molar-refractivity contribution in [3.63, 3.8) is 0 Å². The van der Waals surface area contributed by atoms with E-state index >= 15 is 0 Å². The maximum absolute atomic E-state index is 12.2. The molecule has 0 bridgehead atoms. The lowest BCUT2D eigenvalue weighted by Crippen LogP contribution is -2.31. The van der Waals surface area contributed by atoms with Gasteiger partial charge in [-0.05, 0) is 37.4 Å². The fraction of sp³-hybridized carbons (Fsp3) is 0.188. The van der Waals surface area contributed by atoms with E-state index in [9.17, 15) is 4.79 Å². The van der Waals surface area contributed by atoms with E-state index in [2.05, 4.69) is 10.6 Å². The SMILES string of the molecule is CSc1ccccc1NC(=O)[C@@H](C)Nc1ccccc1. The molecule has 0 aromatic heterocycles. The molecule has 104 valence electrons. The molecule has 0 unspecified atom stereocenters. The highest BCUT2D eigenvalue weighted by atomic mass is 32.2. The maximum Gasteiger partial charge on any atom is 0.246 e. The minimum absolute atomic E-state index is 0.0460. The number of anilines is 2. The van der Waals surface area contributed by atoms with Crippen LogP contribution in [0.3, 0.4) is 0 Å². The van der Waals surface area contributed by atoms with Crippen LogP contribution < -0.4 is 10.6 Å². The standard InChI is InChI=1S/C16H18N2OS/c1-12(17-13-8-4-3-5-9-13)16(19)18-14-10-6-7-11-15(14)20-2/h3-12,17H,1-2H3,(H,18,19)/t12-/m1/s1. The molecule has 1 amide bonds. The number of hydrogen-bond acceptors (Lipinski definition) is 3. The molecule has 0 saturated carbocycles. The molecule has 1 atom stereocenters. The van der Waals surface area contributed by atoms with Crippen LogP contribution in [-0.4, -0.2) is 18.2 Å². The first kappa shape index (κ1) is 14.5. The van der Waals surface area contributed by atoms with Gasteiger partial charge in [-0.1, -0.05) is 30.3 Å². The van der Waals surface area contributed by atoms with Crippen LogP contribution >= 0.6 is 11.8 Å². The van der Waals surface area contributed by atoms with Crippen molar-refractivity contribution in [1.29, 1.82) is 0 Å². The van der Waals surface area contributed by atoms with Crippen LogP contribution in [0, 0.1) is 0 Å². The molecule has 0 aliphatic rings. The first-order valence-corrected chi connectivity index (χ1v) is 7.68. The number of thioether (sulfide) groups is 1. The van der Waals surface area contributed by atoms with E-state index in [-0.39, 0.29) is 11.9 Å². The number of nitrogens with one attached hydrogen (secondary N) is 2. The van der Waals surface area contributed by atoms with E-state index in [4.69, 9.17) is 0 Å². The van der Waals surface area contributed by atoms with Gasteiger partial charge in [-0.25, -0.2) is 0 Å². The van der Waals surface area contributed by atoms with Gasteiger partial charge < -0.3 is 10.6 Å². The van der Waals surface area contributed by atoms with Crippen molar-refractivity contribution in [1.82, 2.24) is 0 Å². The summed E-state index contributed by atoms with van der Waals surface area (Å²) in [5, 5.41) is 6.14. The van der Waals surface area contributed by atoms with Crippen LogP contribution in [0.25, 0.3) is 0 Å². The quantitative estimate of drug-likeness (QED) is 0.820. The molecule has 0 radical (unpaired) electrons. The van der Waals surface area contributed by atoms with E-state index in [1.165, 1.54) is 0 Å². The monoisotopic (exact) mass is 286 g/mol. The highest BCUT2D eigenvalue weighted by Crippen LogP contribution is 2.24. The molecule has 2 aromatic rings. The van der Waals surface area contributed by atoms with E-state index in [0.29, 0.717) is 0 Å². The predicted octanol–water partition coefficient (Wildman–Crippen LogP) is 3.85. The molecule has 20 heavy (non-hydrogen) atoms. The molecule has 4 heteroatoms. The molecule has 0 heterocycles. The molecule has 3 nitrogen and oxygen atoms in total. The summed E-state index contributed by atoms with van der Waals surface area (Å²) >= 11 is 1.62. The molecular weight excluding hydrogens is 268 g/mol. The van der Waals surface area contributed by atoms with Crippen LogP contribution in [0.5, 0.6) is 0 Å². The smallest absolute Gasteiger partial charge is 0.246 e. The Bertz CT molecular complexity index is 572.